The zero-order valence-electron chi connectivity index (χ0n) is 12.8. The van der Waals surface area contributed by atoms with Gasteiger partial charge in [0.25, 0.3) is 0 Å². The Morgan fingerprint density at radius 1 is 1.10 bits per heavy atom. The maximum atomic E-state index is 12.5. The highest BCUT2D eigenvalue weighted by molar-refractivity contribution is 5.82. The van der Waals surface area contributed by atoms with Gasteiger partial charge in [-0.1, -0.05) is 36.8 Å². The van der Waals surface area contributed by atoms with Crippen molar-refractivity contribution < 1.29 is 4.79 Å². The molecule has 1 aromatic rings. The van der Waals surface area contributed by atoms with Crippen molar-refractivity contribution in [3.8, 4) is 0 Å². The molecule has 2 aliphatic rings. The molecule has 2 fully saturated rings. The first kappa shape index (κ1) is 14.6. The highest BCUT2D eigenvalue weighted by Gasteiger charge is 2.28. The molecule has 2 saturated heterocycles. The Balaban J connectivity index is 1.47. The molecule has 1 amide bonds. The predicted octanol–water partition coefficient (Wildman–Crippen LogP) is 2.61. The summed E-state index contributed by atoms with van der Waals surface area (Å²) in [6.07, 6.45) is 6.87. The van der Waals surface area contributed by atoms with Crippen LogP contribution in [-0.2, 0) is 11.2 Å². The van der Waals surface area contributed by atoms with Crippen LogP contribution in [0.15, 0.2) is 30.3 Å². The topological polar surface area (TPSA) is 32.3 Å². The van der Waals surface area contributed by atoms with E-state index in [9.17, 15) is 4.79 Å². The molecule has 3 heteroatoms. The molecule has 21 heavy (non-hydrogen) atoms. The summed E-state index contributed by atoms with van der Waals surface area (Å²) >= 11 is 0. The highest BCUT2D eigenvalue weighted by Crippen LogP contribution is 2.23. The first-order valence-electron chi connectivity index (χ1n) is 8.39. The summed E-state index contributed by atoms with van der Waals surface area (Å²) in [5.41, 5.74) is 1.43. The van der Waals surface area contributed by atoms with Crippen LogP contribution in [0, 0.1) is 5.92 Å². The largest absolute Gasteiger partial charge is 0.341 e. The smallest absolute Gasteiger partial charge is 0.239 e. The molecule has 0 radical (unpaired) electrons. The number of nitrogens with zero attached hydrogens (tertiary/aromatic N) is 1. The molecular formula is C18H26N2O. The number of hydrogen-bond donors (Lipinski definition) is 1. The van der Waals surface area contributed by atoms with Crippen LogP contribution >= 0.6 is 0 Å². The third kappa shape index (κ3) is 3.85. The lowest BCUT2D eigenvalue weighted by Gasteiger charge is -2.35. The van der Waals surface area contributed by atoms with Crippen molar-refractivity contribution in [1.82, 2.24) is 10.2 Å². The summed E-state index contributed by atoms with van der Waals surface area (Å²) < 4.78 is 0. The first-order chi connectivity index (χ1) is 10.3. The summed E-state index contributed by atoms with van der Waals surface area (Å²) in [6, 6.07) is 10.8. The van der Waals surface area contributed by atoms with Crippen LogP contribution < -0.4 is 5.32 Å². The number of hydrogen-bond acceptors (Lipinski definition) is 2. The molecule has 2 heterocycles. The monoisotopic (exact) mass is 286 g/mol. The van der Waals surface area contributed by atoms with E-state index in [0.29, 0.717) is 5.91 Å². The van der Waals surface area contributed by atoms with Crippen LogP contribution in [0.25, 0.3) is 0 Å². The van der Waals surface area contributed by atoms with Crippen molar-refractivity contribution in [1.29, 1.82) is 0 Å². The van der Waals surface area contributed by atoms with E-state index in [0.717, 1.165) is 51.2 Å². The van der Waals surface area contributed by atoms with Crippen molar-refractivity contribution in [2.24, 2.45) is 5.92 Å². The van der Waals surface area contributed by atoms with E-state index in [4.69, 9.17) is 0 Å². The lowest BCUT2D eigenvalue weighted by atomic mass is 9.89. The average molecular weight is 286 g/mol. The fraction of sp³-hybridized carbons (Fsp3) is 0.611. The molecule has 0 saturated carbocycles. The van der Waals surface area contributed by atoms with Gasteiger partial charge in [0.2, 0.25) is 5.91 Å². The quantitative estimate of drug-likeness (QED) is 0.926. The van der Waals surface area contributed by atoms with E-state index in [1.807, 2.05) is 0 Å². The van der Waals surface area contributed by atoms with Gasteiger partial charge in [-0.05, 0) is 50.1 Å². The van der Waals surface area contributed by atoms with Crippen molar-refractivity contribution in [3.63, 3.8) is 0 Å². The summed E-state index contributed by atoms with van der Waals surface area (Å²) in [5.74, 6) is 1.07. The Morgan fingerprint density at radius 2 is 1.86 bits per heavy atom. The Hall–Kier alpha value is -1.35. The molecule has 3 rings (SSSR count). The van der Waals surface area contributed by atoms with Crippen LogP contribution in [0.4, 0.5) is 0 Å². The van der Waals surface area contributed by atoms with Crippen molar-refractivity contribution in [2.45, 2.75) is 44.6 Å². The summed E-state index contributed by atoms with van der Waals surface area (Å²) in [4.78, 5) is 14.6. The van der Waals surface area contributed by atoms with Gasteiger partial charge in [0.1, 0.15) is 0 Å². The van der Waals surface area contributed by atoms with Crippen LogP contribution in [0.5, 0.6) is 0 Å². The van der Waals surface area contributed by atoms with Crippen molar-refractivity contribution >= 4 is 5.91 Å². The normalized spacial score (nSPS) is 24.0. The maximum Gasteiger partial charge on any atom is 0.239 e. The average Bonchev–Trinajstić information content (AvgIpc) is 2.57. The second kappa shape index (κ2) is 7.08. The van der Waals surface area contributed by atoms with Gasteiger partial charge in [0, 0.05) is 13.1 Å². The Morgan fingerprint density at radius 3 is 2.52 bits per heavy atom. The SMILES string of the molecule is O=C([C@H]1CCCCN1)N1CCC(Cc2ccccc2)CC1. The van der Waals surface area contributed by atoms with Gasteiger partial charge in [-0.25, -0.2) is 0 Å². The molecule has 0 bridgehead atoms. The lowest BCUT2D eigenvalue weighted by molar-refractivity contribution is -0.135. The van der Waals surface area contributed by atoms with Gasteiger partial charge < -0.3 is 10.2 Å². The van der Waals surface area contributed by atoms with Gasteiger partial charge >= 0.3 is 0 Å². The molecule has 1 aromatic carbocycles. The number of amides is 1. The standard InChI is InChI=1S/C18H26N2O/c21-18(17-8-4-5-11-19-17)20-12-9-16(10-13-20)14-15-6-2-1-3-7-15/h1-3,6-7,16-17,19H,4-5,8-14H2/t17-/m1/s1. The number of rotatable bonds is 3. The number of benzene rings is 1. The number of carbonyl (C=O) groups is 1. The zero-order chi connectivity index (χ0) is 14.5. The number of piperidine rings is 2. The lowest BCUT2D eigenvalue weighted by Crippen LogP contribution is -2.50. The Bertz CT molecular complexity index is 446. The van der Waals surface area contributed by atoms with Crippen LogP contribution in [0.3, 0.4) is 0 Å². The maximum absolute atomic E-state index is 12.5. The minimum Gasteiger partial charge on any atom is -0.341 e. The van der Waals surface area contributed by atoms with Crippen LogP contribution in [-0.4, -0.2) is 36.5 Å². The second-order valence-electron chi connectivity index (χ2n) is 6.46. The number of likely N-dealkylation sites (tertiary alicyclic amines) is 1. The Kier molecular flexibility index (Phi) is 4.91. The van der Waals surface area contributed by atoms with Gasteiger partial charge in [-0.2, -0.15) is 0 Å². The highest BCUT2D eigenvalue weighted by atomic mass is 16.2. The van der Waals surface area contributed by atoms with Gasteiger partial charge in [0.05, 0.1) is 6.04 Å². The summed E-state index contributed by atoms with van der Waals surface area (Å²) in [6.45, 7) is 2.88. The molecule has 0 unspecified atom stereocenters. The van der Waals surface area contributed by atoms with E-state index in [1.54, 1.807) is 0 Å². The molecular weight excluding hydrogens is 260 g/mol. The van der Waals surface area contributed by atoms with Gasteiger partial charge in [-0.15, -0.1) is 0 Å². The van der Waals surface area contributed by atoms with Gasteiger partial charge in [-0.3, -0.25) is 4.79 Å². The van der Waals surface area contributed by atoms with E-state index < -0.39 is 0 Å². The number of nitrogens with one attached hydrogen (secondary N) is 1. The summed E-state index contributed by atoms with van der Waals surface area (Å²) in [7, 11) is 0. The molecule has 2 aliphatic heterocycles. The molecule has 114 valence electrons. The Labute approximate surface area is 127 Å². The molecule has 1 atom stereocenters. The first-order valence-corrected chi connectivity index (χ1v) is 8.39. The fourth-order valence-corrected chi connectivity index (χ4v) is 3.59. The number of carbonyl (C=O) groups excluding carboxylic acids is 1. The fourth-order valence-electron chi connectivity index (χ4n) is 3.59. The minimum atomic E-state index is 0.0874. The molecule has 0 aliphatic carbocycles. The van der Waals surface area contributed by atoms with Crippen LogP contribution in [0.2, 0.25) is 0 Å². The van der Waals surface area contributed by atoms with E-state index in [-0.39, 0.29) is 6.04 Å². The van der Waals surface area contributed by atoms with Gasteiger partial charge in [0.15, 0.2) is 0 Å². The molecule has 0 aromatic heterocycles. The van der Waals surface area contributed by atoms with Crippen molar-refractivity contribution in [3.05, 3.63) is 35.9 Å². The summed E-state index contributed by atoms with van der Waals surface area (Å²) in [5, 5.41) is 3.38. The molecule has 0 spiro atoms. The van der Waals surface area contributed by atoms with Crippen molar-refractivity contribution in [2.75, 3.05) is 19.6 Å². The minimum absolute atomic E-state index is 0.0874. The second-order valence-corrected chi connectivity index (χ2v) is 6.46. The van der Waals surface area contributed by atoms with E-state index in [2.05, 4.69) is 40.5 Å². The molecule has 3 nitrogen and oxygen atoms in total. The van der Waals surface area contributed by atoms with E-state index in [1.165, 1.54) is 18.4 Å². The third-order valence-corrected chi connectivity index (χ3v) is 4.90. The van der Waals surface area contributed by atoms with Crippen LogP contribution in [0.1, 0.15) is 37.7 Å². The third-order valence-electron chi connectivity index (χ3n) is 4.90. The zero-order valence-corrected chi connectivity index (χ0v) is 12.8. The van der Waals surface area contributed by atoms with E-state index >= 15 is 0 Å². The molecule has 1 N–H and O–H groups in total. The predicted molar refractivity (Wildman–Crippen MR) is 85.1 cm³/mol.